The number of carbonyl (C=O) groups excluding carboxylic acids is 3. The fourth-order valence-electron chi connectivity index (χ4n) is 7.49. The molecule has 6 atom stereocenters. The fourth-order valence-corrected chi connectivity index (χ4v) is 7.49. The van der Waals surface area contributed by atoms with Crippen LogP contribution in [0.25, 0.3) is 0 Å². The molecule has 3 fully saturated rings. The van der Waals surface area contributed by atoms with E-state index in [-0.39, 0.29) is 36.7 Å². The summed E-state index contributed by atoms with van der Waals surface area (Å²) in [7, 11) is 1.38. The number of ether oxygens (including phenoxy) is 1. The first-order chi connectivity index (χ1) is 13.9. The minimum absolute atomic E-state index is 0.115. The number of aliphatic hydroxyl groups excluding tert-OH is 1. The predicted octanol–water partition coefficient (Wildman–Crippen LogP) is 2.49. The van der Waals surface area contributed by atoms with E-state index >= 15 is 0 Å². The molecule has 6 nitrogen and oxygen atoms in total. The van der Waals surface area contributed by atoms with Crippen LogP contribution in [0.1, 0.15) is 58.3 Å². The second-order valence-electron chi connectivity index (χ2n) is 9.61. The molecule has 4 rings (SSSR count). The molecule has 1 aliphatic heterocycles. The molecule has 29 heavy (non-hydrogen) atoms. The molecule has 2 saturated carbocycles. The monoisotopic (exact) mass is 403 g/mol. The van der Waals surface area contributed by atoms with Crippen molar-refractivity contribution < 1.29 is 24.2 Å². The summed E-state index contributed by atoms with van der Waals surface area (Å²) < 4.78 is 4.95. The van der Waals surface area contributed by atoms with E-state index in [4.69, 9.17) is 4.74 Å². The topological polar surface area (TPSA) is 83.9 Å². The highest BCUT2D eigenvalue weighted by Gasteiger charge is 2.69. The summed E-state index contributed by atoms with van der Waals surface area (Å²) in [6, 6.07) is -0.144. The number of Topliss-reactive ketones (excluding diaryl/α,β-unsaturated/α-hetero) is 1. The van der Waals surface area contributed by atoms with Gasteiger partial charge in [0.2, 0.25) is 6.41 Å². The van der Waals surface area contributed by atoms with E-state index in [1.54, 1.807) is 0 Å². The van der Waals surface area contributed by atoms with E-state index < -0.39 is 10.8 Å². The van der Waals surface area contributed by atoms with Gasteiger partial charge in [0, 0.05) is 30.8 Å². The third-order valence-corrected chi connectivity index (χ3v) is 8.70. The Kier molecular flexibility index (Phi) is 5.34. The van der Waals surface area contributed by atoms with Crippen LogP contribution in [0.15, 0.2) is 11.6 Å². The van der Waals surface area contributed by atoms with Gasteiger partial charge in [-0.15, -0.1) is 0 Å². The largest absolute Gasteiger partial charge is 0.469 e. The van der Waals surface area contributed by atoms with Crippen LogP contribution < -0.4 is 0 Å². The van der Waals surface area contributed by atoms with Crippen molar-refractivity contribution in [2.45, 2.75) is 64.3 Å². The first-order valence-electron chi connectivity index (χ1n) is 11.1. The molecular formula is C23H33NO5. The number of methoxy groups -OCH3 is 1. The number of esters is 1. The lowest BCUT2D eigenvalue weighted by atomic mass is 9.45. The van der Waals surface area contributed by atoms with Gasteiger partial charge in [0.1, 0.15) is 5.78 Å². The maximum absolute atomic E-state index is 13.6. The van der Waals surface area contributed by atoms with Crippen LogP contribution in [-0.2, 0) is 19.1 Å². The quantitative estimate of drug-likeness (QED) is 0.433. The van der Waals surface area contributed by atoms with Crippen molar-refractivity contribution in [1.29, 1.82) is 0 Å². The molecule has 0 aromatic carbocycles. The lowest BCUT2D eigenvalue weighted by Crippen LogP contribution is -2.64. The number of hydrogen-bond acceptors (Lipinski definition) is 5. The number of allylic oxidation sites excluding steroid dienone is 1. The number of amides is 1. The van der Waals surface area contributed by atoms with Crippen LogP contribution in [0.5, 0.6) is 0 Å². The number of likely N-dealkylation sites (tertiary alicyclic amines) is 1. The molecule has 1 heterocycles. The fraction of sp³-hybridized carbons (Fsp3) is 0.783. The van der Waals surface area contributed by atoms with Gasteiger partial charge in [0.15, 0.2) is 0 Å². The molecule has 0 bridgehead atoms. The molecule has 3 aliphatic carbocycles. The van der Waals surface area contributed by atoms with Crippen LogP contribution >= 0.6 is 0 Å². The average Bonchev–Trinajstić information content (AvgIpc) is 3.32. The number of fused-ring (bicyclic) bond motifs is 5. The van der Waals surface area contributed by atoms with Crippen molar-refractivity contribution in [3.63, 3.8) is 0 Å². The zero-order valence-corrected chi connectivity index (χ0v) is 17.6. The van der Waals surface area contributed by atoms with Crippen LogP contribution in [0, 0.1) is 28.6 Å². The molecule has 0 aromatic heterocycles. The van der Waals surface area contributed by atoms with Gasteiger partial charge in [-0.25, -0.2) is 0 Å². The molecular weight excluding hydrogens is 370 g/mol. The molecule has 1 saturated heterocycles. The maximum atomic E-state index is 13.6. The van der Waals surface area contributed by atoms with Gasteiger partial charge in [0.25, 0.3) is 0 Å². The van der Waals surface area contributed by atoms with E-state index in [9.17, 15) is 19.5 Å². The summed E-state index contributed by atoms with van der Waals surface area (Å²) in [6.45, 7) is 2.63. The number of ketones is 1. The average molecular weight is 404 g/mol. The van der Waals surface area contributed by atoms with E-state index in [0.717, 1.165) is 32.1 Å². The Morgan fingerprint density at radius 1 is 1.38 bits per heavy atom. The lowest BCUT2D eigenvalue weighted by molar-refractivity contribution is -0.159. The summed E-state index contributed by atoms with van der Waals surface area (Å²) in [5, 5.41) is 10.8. The standard InChI is InChI=1S/C23H33NO5/c1-15-12-24(14-26)21-17(15)8-10-22(13-25)19(27)7-6-16-4-3-5-18(16)23(21,22)11-9-20(28)29-2/h5,14-17,21,25H,3-4,6-13H2,1-2H3/t15-,16-,17-,21+,22-,23+/m1/s1. The highest BCUT2D eigenvalue weighted by atomic mass is 16.5. The van der Waals surface area contributed by atoms with E-state index in [1.807, 2.05) is 4.90 Å². The van der Waals surface area contributed by atoms with E-state index in [2.05, 4.69) is 13.0 Å². The summed E-state index contributed by atoms with van der Waals surface area (Å²) >= 11 is 0. The minimum Gasteiger partial charge on any atom is -0.469 e. The van der Waals surface area contributed by atoms with E-state index in [0.29, 0.717) is 37.6 Å². The summed E-state index contributed by atoms with van der Waals surface area (Å²) in [5.41, 5.74) is -0.366. The summed E-state index contributed by atoms with van der Waals surface area (Å²) in [5.74, 6) is 0.738. The highest BCUT2D eigenvalue weighted by Crippen LogP contribution is 2.67. The van der Waals surface area contributed by atoms with Gasteiger partial charge in [-0.05, 0) is 56.3 Å². The van der Waals surface area contributed by atoms with Crippen LogP contribution in [-0.4, -0.2) is 54.5 Å². The second kappa shape index (κ2) is 7.53. The predicted molar refractivity (Wildman–Crippen MR) is 107 cm³/mol. The Morgan fingerprint density at radius 2 is 2.17 bits per heavy atom. The Bertz CT molecular complexity index is 733. The zero-order valence-electron chi connectivity index (χ0n) is 17.6. The molecule has 1 amide bonds. The summed E-state index contributed by atoms with van der Waals surface area (Å²) in [6.07, 6.45) is 8.55. The van der Waals surface area contributed by atoms with Crippen molar-refractivity contribution in [1.82, 2.24) is 4.90 Å². The maximum Gasteiger partial charge on any atom is 0.305 e. The SMILES string of the molecule is COC(=O)CC[C@@]12C3=CCC[C@@H]3CCC(=O)[C@]1(CO)CC[C@@H]1[C@H](C)CN(C=O)[C@@H]12. The Labute approximate surface area is 172 Å². The van der Waals surface area contributed by atoms with Gasteiger partial charge >= 0.3 is 5.97 Å². The molecule has 0 radical (unpaired) electrons. The highest BCUT2D eigenvalue weighted by molar-refractivity contribution is 5.88. The first kappa shape index (κ1) is 20.6. The van der Waals surface area contributed by atoms with Gasteiger partial charge in [-0.2, -0.15) is 0 Å². The molecule has 160 valence electrons. The molecule has 4 aliphatic rings. The van der Waals surface area contributed by atoms with Crippen molar-refractivity contribution >= 4 is 18.2 Å². The number of aliphatic hydroxyl groups is 1. The van der Waals surface area contributed by atoms with Gasteiger partial charge in [-0.1, -0.05) is 18.6 Å². The van der Waals surface area contributed by atoms with Crippen molar-refractivity contribution in [3.8, 4) is 0 Å². The normalized spacial score (nSPS) is 41.1. The summed E-state index contributed by atoms with van der Waals surface area (Å²) in [4.78, 5) is 39.8. The molecule has 0 unspecified atom stereocenters. The Morgan fingerprint density at radius 3 is 2.86 bits per heavy atom. The van der Waals surface area contributed by atoms with E-state index in [1.165, 1.54) is 12.7 Å². The lowest BCUT2D eigenvalue weighted by Gasteiger charge is -2.59. The number of rotatable bonds is 5. The van der Waals surface area contributed by atoms with Gasteiger partial charge in [-0.3, -0.25) is 14.4 Å². The minimum atomic E-state index is -0.918. The van der Waals surface area contributed by atoms with Gasteiger partial charge < -0.3 is 14.7 Å². The molecule has 1 N–H and O–H groups in total. The second-order valence-corrected chi connectivity index (χ2v) is 9.61. The van der Waals surface area contributed by atoms with Crippen LogP contribution in [0.2, 0.25) is 0 Å². The van der Waals surface area contributed by atoms with Crippen molar-refractivity contribution in [2.75, 3.05) is 20.3 Å². The molecule has 0 aromatic rings. The van der Waals surface area contributed by atoms with Crippen LogP contribution in [0.3, 0.4) is 0 Å². The van der Waals surface area contributed by atoms with Gasteiger partial charge in [0.05, 0.1) is 19.1 Å². The molecule has 6 heteroatoms. The molecule has 0 spiro atoms. The van der Waals surface area contributed by atoms with Crippen molar-refractivity contribution in [3.05, 3.63) is 11.6 Å². The third kappa shape index (κ3) is 2.74. The van der Waals surface area contributed by atoms with Crippen LogP contribution in [0.4, 0.5) is 0 Å². The number of hydrogen-bond donors (Lipinski definition) is 1. The number of nitrogens with zero attached hydrogens (tertiary/aromatic N) is 1. The first-order valence-corrected chi connectivity index (χ1v) is 11.1. The Balaban J connectivity index is 1.94. The smallest absolute Gasteiger partial charge is 0.305 e. The zero-order chi connectivity index (χ0) is 20.8. The Hall–Kier alpha value is -1.69. The van der Waals surface area contributed by atoms with Crippen molar-refractivity contribution in [2.24, 2.45) is 28.6 Å². The third-order valence-electron chi connectivity index (χ3n) is 8.70. The number of carbonyl (C=O) groups is 3.